The molecular formula is C30H33ClN7O10S2+. The maximum absolute atomic E-state index is 13.5. The zero-order chi connectivity index (χ0) is 36.0. The first-order valence-corrected chi connectivity index (χ1v) is 17.8. The fourth-order valence-corrected chi connectivity index (χ4v) is 8.44. The van der Waals surface area contributed by atoms with E-state index in [4.69, 9.17) is 22.2 Å². The Morgan fingerprint density at radius 3 is 2.52 bits per heavy atom. The Bertz CT molecular complexity index is 1840. The van der Waals surface area contributed by atoms with Gasteiger partial charge in [0.2, 0.25) is 5.60 Å². The average molecular weight is 751 g/mol. The first-order chi connectivity index (χ1) is 23.8. The number of β-lactam (4-membered cyclic amide) rings is 1. The number of carbonyl (C=O) groups excluding carboxylic acids is 3. The van der Waals surface area contributed by atoms with Gasteiger partial charge in [0, 0.05) is 42.4 Å². The summed E-state index contributed by atoms with van der Waals surface area (Å²) in [4.78, 5) is 74.3. The topological polar surface area (TPSA) is 254 Å². The third kappa shape index (κ3) is 6.64. The monoisotopic (exact) mass is 750 g/mol. The van der Waals surface area contributed by atoms with Crippen LogP contribution in [0.5, 0.6) is 11.5 Å². The van der Waals surface area contributed by atoms with E-state index in [0.29, 0.717) is 23.1 Å². The van der Waals surface area contributed by atoms with Crippen LogP contribution >= 0.6 is 34.7 Å². The number of nitrogens with one attached hydrogen (secondary N) is 2. The van der Waals surface area contributed by atoms with Crippen LogP contribution < -0.4 is 16.4 Å². The molecule has 4 aliphatic rings. The van der Waals surface area contributed by atoms with Gasteiger partial charge in [-0.25, -0.2) is 14.6 Å². The summed E-state index contributed by atoms with van der Waals surface area (Å²) >= 11 is 8.36. The summed E-state index contributed by atoms with van der Waals surface area (Å²) in [6, 6.07) is 1.36. The second-order valence-corrected chi connectivity index (χ2v) is 14.8. The van der Waals surface area contributed by atoms with Crippen molar-refractivity contribution in [1.29, 1.82) is 0 Å². The number of rotatable bonds is 13. The number of fused-ring (bicyclic) bond motifs is 1. The van der Waals surface area contributed by atoms with Crippen molar-refractivity contribution in [3.05, 3.63) is 45.1 Å². The van der Waals surface area contributed by atoms with Crippen LogP contribution in [0.4, 0.5) is 5.13 Å². The largest absolute Gasteiger partial charge is 0.504 e. The van der Waals surface area contributed by atoms with Gasteiger partial charge in [0.1, 0.15) is 29.4 Å². The number of carbonyl (C=O) groups is 5. The molecule has 266 valence electrons. The number of aliphatic carboxylic acids is 2. The van der Waals surface area contributed by atoms with Crippen molar-refractivity contribution in [3.8, 4) is 11.5 Å². The van der Waals surface area contributed by atoms with E-state index in [1.54, 1.807) is 0 Å². The molecule has 2 saturated heterocycles. The fraction of sp³-hybridized carbons (Fsp3) is 0.433. The van der Waals surface area contributed by atoms with Gasteiger partial charge in [-0.3, -0.25) is 19.3 Å². The third-order valence-corrected chi connectivity index (χ3v) is 11.6. The highest BCUT2D eigenvalue weighted by Crippen LogP contribution is 2.42. The Kier molecular flexibility index (Phi) is 9.59. The zero-order valence-electron chi connectivity index (χ0n) is 26.3. The van der Waals surface area contributed by atoms with Gasteiger partial charge in [0.15, 0.2) is 22.3 Å². The molecule has 20 heteroatoms. The van der Waals surface area contributed by atoms with Crippen LogP contribution in [0, 0.1) is 0 Å². The van der Waals surface area contributed by atoms with Gasteiger partial charge < -0.3 is 46.1 Å². The van der Waals surface area contributed by atoms with Gasteiger partial charge in [0.25, 0.3) is 17.7 Å². The number of anilines is 1. The Morgan fingerprint density at radius 1 is 1.18 bits per heavy atom. The number of halogens is 1. The summed E-state index contributed by atoms with van der Waals surface area (Å²) in [6.45, 7) is 2.44. The number of hydrogen-bond donors (Lipinski definition) is 7. The van der Waals surface area contributed by atoms with Gasteiger partial charge in [-0.1, -0.05) is 16.8 Å². The number of oxime groups is 1. The predicted molar refractivity (Wildman–Crippen MR) is 180 cm³/mol. The molecule has 0 spiro atoms. The van der Waals surface area contributed by atoms with E-state index in [9.17, 15) is 44.4 Å². The second kappa shape index (κ2) is 13.6. The van der Waals surface area contributed by atoms with Crippen molar-refractivity contribution >= 4 is 75.2 Å². The van der Waals surface area contributed by atoms with Crippen molar-refractivity contribution in [2.45, 2.75) is 42.7 Å². The van der Waals surface area contributed by atoms with Crippen molar-refractivity contribution in [3.63, 3.8) is 0 Å². The molecule has 50 heavy (non-hydrogen) atoms. The minimum absolute atomic E-state index is 0.00722. The molecule has 1 aromatic heterocycles. The number of carboxylic acids is 2. The molecule has 2 aromatic rings. The number of carboxylic acid groups (broad SMARTS) is 2. The molecule has 6 rings (SSSR count). The maximum atomic E-state index is 13.5. The van der Waals surface area contributed by atoms with Crippen LogP contribution in [-0.2, 0) is 24.0 Å². The van der Waals surface area contributed by atoms with Crippen molar-refractivity contribution < 1.29 is 53.7 Å². The summed E-state index contributed by atoms with van der Waals surface area (Å²) in [5.74, 6) is -5.34. The molecule has 1 saturated carbocycles. The number of thiazole rings is 1. The van der Waals surface area contributed by atoms with Crippen molar-refractivity contribution in [2.24, 2.45) is 5.16 Å². The average Bonchev–Trinajstić information content (AvgIpc) is 3.54. The molecule has 0 unspecified atom stereocenters. The number of thioether (sulfide) groups is 1. The van der Waals surface area contributed by atoms with Crippen LogP contribution in [0.15, 0.2) is 33.9 Å². The molecule has 4 heterocycles. The van der Waals surface area contributed by atoms with E-state index in [1.165, 1.54) is 28.1 Å². The smallest absolute Gasteiger partial charge is 0.352 e. The zero-order valence-corrected chi connectivity index (χ0v) is 28.6. The van der Waals surface area contributed by atoms with Gasteiger partial charge in [-0.15, -0.1) is 23.1 Å². The highest BCUT2D eigenvalue weighted by molar-refractivity contribution is 8.00. The van der Waals surface area contributed by atoms with Gasteiger partial charge in [-0.2, -0.15) is 0 Å². The van der Waals surface area contributed by atoms with E-state index < -0.39 is 58.2 Å². The minimum atomic E-state index is -1.54. The van der Waals surface area contributed by atoms with Gasteiger partial charge >= 0.3 is 11.9 Å². The number of nitrogens with zero attached hydrogens (tertiary/aromatic N) is 4. The molecule has 3 amide bonds. The van der Waals surface area contributed by atoms with E-state index in [1.807, 2.05) is 0 Å². The number of quaternary nitrogens is 1. The molecule has 0 bridgehead atoms. The number of amides is 3. The third-order valence-electron chi connectivity index (χ3n) is 9.17. The van der Waals surface area contributed by atoms with E-state index in [-0.39, 0.29) is 58.0 Å². The lowest BCUT2D eigenvalue weighted by Gasteiger charge is -2.50. The first-order valence-electron chi connectivity index (χ1n) is 15.5. The van der Waals surface area contributed by atoms with Gasteiger partial charge in [0.05, 0.1) is 36.8 Å². The normalized spacial score (nSPS) is 22.0. The van der Waals surface area contributed by atoms with E-state index >= 15 is 0 Å². The number of phenols is 2. The lowest BCUT2D eigenvalue weighted by atomic mass is 10.0. The molecule has 0 radical (unpaired) electrons. The number of aromatic hydroxyl groups is 2. The Labute approximate surface area is 297 Å². The van der Waals surface area contributed by atoms with E-state index in [0.717, 1.165) is 43.3 Å². The summed E-state index contributed by atoms with van der Waals surface area (Å²) in [6.07, 6.45) is 2.19. The quantitative estimate of drug-likeness (QED) is 0.0495. The van der Waals surface area contributed by atoms with Crippen LogP contribution in [0.1, 0.15) is 41.7 Å². The number of aromatic nitrogens is 1. The number of benzene rings is 1. The highest BCUT2D eigenvalue weighted by atomic mass is 35.5. The minimum Gasteiger partial charge on any atom is -0.504 e. The van der Waals surface area contributed by atoms with Crippen LogP contribution in [0.3, 0.4) is 0 Å². The predicted octanol–water partition coefficient (Wildman–Crippen LogP) is 0.907. The number of likely N-dealkylation sites (tertiary alicyclic amines) is 1. The second-order valence-electron chi connectivity index (χ2n) is 12.4. The summed E-state index contributed by atoms with van der Waals surface area (Å²) < 4.78 is 0.475. The summed E-state index contributed by atoms with van der Waals surface area (Å²) in [5, 5.41) is 49.0. The lowest BCUT2D eigenvalue weighted by Crippen LogP contribution is -2.71. The van der Waals surface area contributed by atoms with Crippen LogP contribution in [0.2, 0.25) is 5.02 Å². The molecule has 3 aliphatic heterocycles. The molecular weight excluding hydrogens is 718 g/mol. The molecule has 1 aliphatic carbocycles. The lowest BCUT2D eigenvalue weighted by molar-refractivity contribution is -0.911. The molecule has 3 fully saturated rings. The summed E-state index contributed by atoms with van der Waals surface area (Å²) in [7, 11) is 0. The Balaban J connectivity index is 1.15. The number of nitrogens with two attached hydrogens (primary N) is 1. The van der Waals surface area contributed by atoms with Crippen LogP contribution in [-0.4, -0.2) is 126 Å². The molecule has 2 atom stereocenters. The fourth-order valence-electron chi connectivity index (χ4n) is 6.31. The van der Waals surface area contributed by atoms with Crippen molar-refractivity contribution in [2.75, 3.05) is 44.2 Å². The van der Waals surface area contributed by atoms with E-state index in [2.05, 4.69) is 20.8 Å². The summed E-state index contributed by atoms with van der Waals surface area (Å²) in [5.41, 5.74) is 4.24. The molecule has 1 aromatic carbocycles. The number of phenolic OH excluding ortho intramolecular Hbond substituents is 2. The Morgan fingerprint density at radius 2 is 1.90 bits per heavy atom. The Hall–Kier alpha value is -4.59. The SMILES string of the molecule is Nc1nc(/C(=N/OC2(C(=O)O)CC2)C(=O)N[C@@H]2C(=O)N3C(C(=O)O)=C(C[N+]4(CCNC(=O)c5ccc(O)c(O)c5Cl)CCCC4)CS[C@H]23)cs1. The standard InChI is InChI=1S/C30H32ClN7O10S2/c31-18-15(3-4-17(39)22(18)40)23(41)33-7-10-38(8-1-2-9-38)11-14-12-49-26-20(25(43)37(26)21(14)27(44)45)35-24(42)19(16-13-50-29(32)34-16)36-48-30(5-6-30)28(46)47/h3-4,13,20,26H,1-2,5-12H2,(H7-,32,33,34,35,36,39,40,41,42,44,45,46,47)/p+1/t20-,26-/m1/s1. The number of nitrogen functional groups attached to an aromatic ring is 1. The number of hydrogen-bond acceptors (Lipinski definition) is 13. The van der Waals surface area contributed by atoms with Crippen molar-refractivity contribution in [1.82, 2.24) is 20.5 Å². The van der Waals surface area contributed by atoms with Crippen LogP contribution in [0.25, 0.3) is 0 Å². The first kappa shape index (κ1) is 35.2. The maximum Gasteiger partial charge on any atom is 0.352 e. The van der Waals surface area contributed by atoms with Gasteiger partial charge in [-0.05, 0) is 12.1 Å². The highest BCUT2D eigenvalue weighted by Gasteiger charge is 2.56. The molecule has 17 nitrogen and oxygen atoms in total. The molecule has 8 N–H and O–H groups in total.